The standard InChI is InChI=1S/C16H19N3OS/c17-16(21)14-7-3-4-8-15(14)20-11-12-9-10-19(18-12)13-5-1-2-6-13/h3-4,7-10,13H,1-2,5-6,11H2,(H2,17,21). The van der Waals surface area contributed by atoms with E-state index in [9.17, 15) is 0 Å². The molecule has 1 heterocycles. The van der Waals surface area contributed by atoms with Gasteiger partial charge in [-0.05, 0) is 31.0 Å². The number of ether oxygens (including phenoxy) is 1. The highest BCUT2D eigenvalue weighted by Gasteiger charge is 2.17. The second kappa shape index (κ2) is 6.26. The molecule has 0 spiro atoms. The summed E-state index contributed by atoms with van der Waals surface area (Å²) >= 11 is 5.04. The molecule has 0 aliphatic heterocycles. The van der Waals surface area contributed by atoms with Crippen molar-refractivity contribution in [3.8, 4) is 5.75 Å². The number of benzene rings is 1. The summed E-state index contributed by atoms with van der Waals surface area (Å²) in [4.78, 5) is 0.349. The van der Waals surface area contributed by atoms with Crippen LogP contribution >= 0.6 is 12.2 Å². The predicted molar refractivity (Wildman–Crippen MR) is 86.4 cm³/mol. The lowest BCUT2D eigenvalue weighted by Gasteiger charge is -2.10. The summed E-state index contributed by atoms with van der Waals surface area (Å²) in [5, 5.41) is 4.61. The van der Waals surface area contributed by atoms with Gasteiger partial charge in [0.05, 0.1) is 17.3 Å². The van der Waals surface area contributed by atoms with Gasteiger partial charge in [-0.25, -0.2) is 0 Å². The summed E-state index contributed by atoms with van der Waals surface area (Å²) in [7, 11) is 0. The molecule has 1 aliphatic rings. The van der Waals surface area contributed by atoms with Gasteiger partial charge < -0.3 is 10.5 Å². The molecule has 0 saturated heterocycles. The second-order valence-electron chi connectivity index (χ2n) is 5.37. The third-order valence-corrected chi connectivity index (χ3v) is 4.11. The van der Waals surface area contributed by atoms with Crippen LogP contribution in [-0.4, -0.2) is 14.8 Å². The van der Waals surface area contributed by atoms with E-state index >= 15 is 0 Å². The molecular formula is C16H19N3OS. The van der Waals surface area contributed by atoms with Crippen LogP contribution in [0.3, 0.4) is 0 Å². The highest BCUT2D eigenvalue weighted by atomic mass is 32.1. The van der Waals surface area contributed by atoms with Gasteiger partial charge in [-0.1, -0.05) is 37.2 Å². The molecule has 3 rings (SSSR count). The molecule has 0 amide bonds. The number of hydrogen-bond donors (Lipinski definition) is 1. The van der Waals surface area contributed by atoms with E-state index in [4.69, 9.17) is 22.7 Å². The van der Waals surface area contributed by atoms with Crippen LogP contribution in [0.2, 0.25) is 0 Å². The number of thiocarbonyl (C=S) groups is 1. The van der Waals surface area contributed by atoms with Crippen molar-refractivity contribution in [1.82, 2.24) is 9.78 Å². The van der Waals surface area contributed by atoms with Crippen LogP contribution in [0.25, 0.3) is 0 Å². The summed E-state index contributed by atoms with van der Waals surface area (Å²) in [6.45, 7) is 0.430. The van der Waals surface area contributed by atoms with Gasteiger partial charge in [0.1, 0.15) is 17.3 Å². The van der Waals surface area contributed by atoms with Gasteiger partial charge >= 0.3 is 0 Å². The Morgan fingerprint density at radius 3 is 2.81 bits per heavy atom. The van der Waals surface area contributed by atoms with Crippen molar-refractivity contribution in [3.05, 3.63) is 47.8 Å². The van der Waals surface area contributed by atoms with Gasteiger partial charge in [0.25, 0.3) is 0 Å². The van der Waals surface area contributed by atoms with Gasteiger partial charge in [0, 0.05) is 6.20 Å². The highest BCUT2D eigenvalue weighted by Crippen LogP contribution is 2.28. The van der Waals surface area contributed by atoms with Crippen LogP contribution in [0.1, 0.15) is 43.0 Å². The van der Waals surface area contributed by atoms with E-state index in [1.54, 1.807) is 0 Å². The average Bonchev–Trinajstić information content (AvgIpc) is 3.16. The first-order valence-corrected chi connectivity index (χ1v) is 7.70. The summed E-state index contributed by atoms with van der Waals surface area (Å²) in [5.74, 6) is 0.709. The van der Waals surface area contributed by atoms with E-state index in [-0.39, 0.29) is 0 Å². The highest BCUT2D eigenvalue weighted by molar-refractivity contribution is 7.80. The van der Waals surface area contributed by atoms with E-state index in [1.165, 1.54) is 25.7 Å². The van der Waals surface area contributed by atoms with E-state index < -0.39 is 0 Å². The maximum Gasteiger partial charge on any atom is 0.132 e. The zero-order valence-electron chi connectivity index (χ0n) is 11.9. The molecule has 0 atom stereocenters. The summed E-state index contributed by atoms with van der Waals surface area (Å²) in [6, 6.07) is 10.1. The van der Waals surface area contributed by atoms with Crippen LogP contribution in [0, 0.1) is 0 Å². The minimum Gasteiger partial charge on any atom is -0.486 e. The molecule has 110 valence electrons. The lowest BCUT2D eigenvalue weighted by Crippen LogP contribution is -2.12. The van der Waals surface area contributed by atoms with Crippen molar-refractivity contribution in [2.24, 2.45) is 5.73 Å². The molecule has 2 aromatic rings. The molecule has 21 heavy (non-hydrogen) atoms. The Morgan fingerprint density at radius 2 is 2.05 bits per heavy atom. The quantitative estimate of drug-likeness (QED) is 0.862. The zero-order chi connectivity index (χ0) is 14.7. The molecule has 5 heteroatoms. The van der Waals surface area contributed by atoms with Crippen LogP contribution < -0.4 is 10.5 Å². The second-order valence-corrected chi connectivity index (χ2v) is 5.81. The molecule has 1 aromatic carbocycles. The van der Waals surface area contributed by atoms with Crippen molar-refractivity contribution in [2.45, 2.75) is 38.3 Å². The number of para-hydroxylation sites is 1. The number of rotatable bonds is 5. The number of hydrogen-bond acceptors (Lipinski definition) is 3. The average molecular weight is 301 g/mol. The zero-order valence-corrected chi connectivity index (χ0v) is 12.7. The van der Waals surface area contributed by atoms with Crippen molar-refractivity contribution >= 4 is 17.2 Å². The van der Waals surface area contributed by atoms with E-state index in [2.05, 4.69) is 9.78 Å². The van der Waals surface area contributed by atoms with Crippen LogP contribution in [0.15, 0.2) is 36.5 Å². The van der Waals surface area contributed by atoms with Crippen molar-refractivity contribution in [1.29, 1.82) is 0 Å². The first-order valence-electron chi connectivity index (χ1n) is 7.30. The maximum atomic E-state index is 5.82. The monoisotopic (exact) mass is 301 g/mol. The molecule has 1 saturated carbocycles. The Labute approximate surface area is 129 Å². The SMILES string of the molecule is NC(=S)c1ccccc1OCc1ccn(C2CCCC2)n1. The van der Waals surface area contributed by atoms with Crippen molar-refractivity contribution in [2.75, 3.05) is 0 Å². The third kappa shape index (κ3) is 3.24. The fourth-order valence-corrected chi connectivity index (χ4v) is 2.94. The molecule has 0 unspecified atom stereocenters. The number of nitrogens with two attached hydrogens (primary N) is 1. The minimum absolute atomic E-state index is 0.349. The van der Waals surface area contributed by atoms with Crippen LogP contribution in [0.5, 0.6) is 5.75 Å². The van der Waals surface area contributed by atoms with Gasteiger partial charge in [0.15, 0.2) is 0 Å². The molecule has 0 bridgehead atoms. The summed E-state index contributed by atoms with van der Waals surface area (Å²) in [6.07, 6.45) is 7.11. The van der Waals surface area contributed by atoms with Gasteiger partial charge in [0.2, 0.25) is 0 Å². The fraction of sp³-hybridized carbons (Fsp3) is 0.375. The van der Waals surface area contributed by atoms with Crippen molar-refractivity contribution in [3.63, 3.8) is 0 Å². The van der Waals surface area contributed by atoms with Crippen LogP contribution in [-0.2, 0) is 6.61 Å². The first-order chi connectivity index (χ1) is 10.2. The molecule has 1 aliphatic carbocycles. The number of nitrogens with zero attached hydrogens (tertiary/aromatic N) is 2. The minimum atomic E-state index is 0.349. The molecule has 1 aromatic heterocycles. The summed E-state index contributed by atoms with van der Waals surface area (Å²) < 4.78 is 7.89. The lowest BCUT2D eigenvalue weighted by atomic mass is 10.2. The van der Waals surface area contributed by atoms with E-state index in [1.807, 2.05) is 36.5 Å². The Balaban J connectivity index is 1.66. The Kier molecular flexibility index (Phi) is 4.20. The lowest BCUT2D eigenvalue weighted by molar-refractivity contribution is 0.297. The molecular weight excluding hydrogens is 282 g/mol. The van der Waals surface area contributed by atoms with Gasteiger partial charge in [-0.2, -0.15) is 5.10 Å². The fourth-order valence-electron chi connectivity index (χ4n) is 2.77. The molecule has 4 nitrogen and oxygen atoms in total. The van der Waals surface area contributed by atoms with Gasteiger partial charge in [-0.15, -0.1) is 0 Å². The Morgan fingerprint density at radius 1 is 1.29 bits per heavy atom. The Hall–Kier alpha value is -1.88. The molecule has 0 radical (unpaired) electrons. The molecule has 2 N–H and O–H groups in total. The maximum absolute atomic E-state index is 5.82. The Bertz CT molecular complexity index is 632. The number of aromatic nitrogens is 2. The van der Waals surface area contributed by atoms with Crippen molar-refractivity contribution < 1.29 is 4.74 Å². The topological polar surface area (TPSA) is 53.1 Å². The van der Waals surface area contributed by atoms with E-state index in [0.717, 1.165) is 11.3 Å². The summed E-state index contributed by atoms with van der Waals surface area (Å²) in [5.41, 5.74) is 7.40. The van der Waals surface area contributed by atoms with E-state index in [0.29, 0.717) is 23.4 Å². The largest absolute Gasteiger partial charge is 0.486 e. The van der Waals surface area contributed by atoms with Gasteiger partial charge in [-0.3, -0.25) is 4.68 Å². The first kappa shape index (κ1) is 14.1. The van der Waals surface area contributed by atoms with Crippen LogP contribution in [0.4, 0.5) is 0 Å². The third-order valence-electron chi connectivity index (χ3n) is 3.89. The normalized spacial score (nSPS) is 15.2. The smallest absolute Gasteiger partial charge is 0.132 e. The predicted octanol–water partition coefficient (Wildman–Crippen LogP) is 3.21. The molecule has 1 fully saturated rings.